The maximum Gasteiger partial charge on any atom is 0.236 e. The fourth-order valence-corrected chi connectivity index (χ4v) is 5.14. The van der Waals surface area contributed by atoms with Crippen LogP contribution < -0.4 is 20.1 Å². The number of hydrogen-bond donors (Lipinski definition) is 2. The molecule has 8 nitrogen and oxygen atoms in total. The minimum Gasteiger partial charge on any atom is -0.493 e. The molecule has 2 aromatic heterocycles. The maximum atomic E-state index is 11.9. The highest BCUT2D eigenvalue weighted by Gasteiger charge is 2.17. The molecule has 1 amide bonds. The summed E-state index contributed by atoms with van der Waals surface area (Å²) >= 11 is 1.74. The van der Waals surface area contributed by atoms with Crippen molar-refractivity contribution in [2.24, 2.45) is 0 Å². The number of fused-ring (bicyclic) bond motifs is 1. The van der Waals surface area contributed by atoms with Gasteiger partial charge >= 0.3 is 0 Å². The van der Waals surface area contributed by atoms with Crippen molar-refractivity contribution in [2.45, 2.75) is 26.4 Å². The topological polar surface area (TPSA) is 88.6 Å². The van der Waals surface area contributed by atoms with Gasteiger partial charge in [-0.25, -0.2) is 9.97 Å². The van der Waals surface area contributed by atoms with Gasteiger partial charge in [0.1, 0.15) is 11.6 Å². The van der Waals surface area contributed by atoms with Crippen molar-refractivity contribution in [1.82, 2.24) is 20.2 Å². The molecule has 0 saturated carbocycles. The Hall–Kier alpha value is -3.69. The molecule has 1 unspecified atom stereocenters. The van der Waals surface area contributed by atoms with Crippen LogP contribution in [0.4, 0.5) is 5.82 Å². The quantitative estimate of drug-likeness (QED) is 0.304. The third-order valence-corrected chi connectivity index (χ3v) is 7.39. The average molecular weight is 520 g/mol. The van der Waals surface area contributed by atoms with Crippen LogP contribution in [0.3, 0.4) is 0 Å². The number of ether oxygens (including phenoxy) is 2. The second-order valence-electron chi connectivity index (χ2n) is 8.96. The minimum absolute atomic E-state index is 0.0207. The Kier molecular flexibility index (Phi) is 8.25. The number of methoxy groups -OCH3 is 2. The predicted molar refractivity (Wildman–Crippen MR) is 150 cm³/mol. The first-order chi connectivity index (χ1) is 17.8. The summed E-state index contributed by atoms with van der Waals surface area (Å²) in [6, 6.07) is 16.4. The zero-order valence-corrected chi connectivity index (χ0v) is 22.9. The number of aromatic nitrogens is 2. The second kappa shape index (κ2) is 11.6. The molecule has 2 aromatic carbocycles. The minimum atomic E-state index is 0.0207. The number of carbonyl (C=O) groups excluding carboxylic acids is 1. The standard InChI is InChI=1S/C28H33N5O3S/c1-17(30-28-21-13-23(35-5)24(36-6)14-22(21)31-18(2)32-28)25-11-12-26(37-25)20-10-8-7-9-19(20)15-29-16-27(34)33(3)4/h7-14,17,29H,15-16H2,1-6H3,(H,30,31,32). The van der Waals surface area contributed by atoms with E-state index >= 15 is 0 Å². The van der Waals surface area contributed by atoms with Gasteiger partial charge in [0.15, 0.2) is 11.5 Å². The van der Waals surface area contributed by atoms with Crippen molar-refractivity contribution in [3.8, 4) is 21.9 Å². The third kappa shape index (κ3) is 6.00. The van der Waals surface area contributed by atoms with E-state index in [-0.39, 0.29) is 11.9 Å². The Balaban J connectivity index is 1.56. The first kappa shape index (κ1) is 26.4. The Morgan fingerprint density at radius 3 is 2.51 bits per heavy atom. The molecule has 9 heteroatoms. The number of nitrogens with zero attached hydrogens (tertiary/aromatic N) is 3. The number of amides is 1. The molecule has 0 saturated heterocycles. The van der Waals surface area contributed by atoms with Gasteiger partial charge in [0.2, 0.25) is 5.91 Å². The zero-order valence-electron chi connectivity index (χ0n) is 22.1. The van der Waals surface area contributed by atoms with Gasteiger partial charge in [-0.05, 0) is 43.2 Å². The zero-order chi connectivity index (χ0) is 26.5. The maximum absolute atomic E-state index is 11.9. The van der Waals surface area contributed by atoms with Crippen molar-refractivity contribution >= 4 is 34.0 Å². The van der Waals surface area contributed by atoms with Gasteiger partial charge in [-0.15, -0.1) is 11.3 Å². The summed E-state index contributed by atoms with van der Waals surface area (Å²) in [5.74, 6) is 2.75. The van der Waals surface area contributed by atoms with Crippen molar-refractivity contribution in [3.63, 3.8) is 0 Å². The molecule has 194 valence electrons. The summed E-state index contributed by atoms with van der Waals surface area (Å²) in [7, 11) is 6.76. The molecule has 0 aliphatic heterocycles. The van der Waals surface area contributed by atoms with E-state index in [1.54, 1.807) is 44.6 Å². The lowest BCUT2D eigenvalue weighted by atomic mass is 10.1. The highest BCUT2D eigenvalue weighted by Crippen LogP contribution is 2.37. The van der Waals surface area contributed by atoms with Gasteiger partial charge < -0.3 is 25.0 Å². The van der Waals surface area contributed by atoms with E-state index in [2.05, 4.69) is 51.8 Å². The molecular formula is C28H33N5O3S. The smallest absolute Gasteiger partial charge is 0.236 e. The first-order valence-corrected chi connectivity index (χ1v) is 12.9. The van der Waals surface area contributed by atoms with Gasteiger partial charge in [0, 0.05) is 41.8 Å². The van der Waals surface area contributed by atoms with E-state index in [0.29, 0.717) is 30.4 Å². The fraction of sp³-hybridized carbons (Fsp3) is 0.321. The number of benzene rings is 2. The number of hydrogen-bond acceptors (Lipinski definition) is 8. The Bertz CT molecular complexity index is 1400. The fourth-order valence-electron chi connectivity index (χ4n) is 4.07. The van der Waals surface area contributed by atoms with Crippen LogP contribution in [0.25, 0.3) is 21.3 Å². The normalized spacial score (nSPS) is 11.8. The third-order valence-electron chi connectivity index (χ3n) is 6.09. The Labute approximate surface area is 221 Å². The van der Waals surface area contributed by atoms with E-state index in [1.165, 1.54) is 9.75 Å². The molecule has 0 radical (unpaired) electrons. The largest absolute Gasteiger partial charge is 0.493 e. The lowest BCUT2D eigenvalue weighted by Gasteiger charge is -2.17. The molecule has 0 fully saturated rings. The number of thiophene rings is 1. The summed E-state index contributed by atoms with van der Waals surface area (Å²) in [4.78, 5) is 25.1. The number of nitrogens with one attached hydrogen (secondary N) is 2. The van der Waals surface area contributed by atoms with Crippen LogP contribution in [0, 0.1) is 6.92 Å². The highest BCUT2D eigenvalue weighted by atomic mass is 32.1. The summed E-state index contributed by atoms with van der Waals surface area (Å²) in [6.45, 7) is 4.93. The molecule has 0 bridgehead atoms. The molecule has 2 N–H and O–H groups in total. The van der Waals surface area contributed by atoms with Crippen LogP contribution in [-0.2, 0) is 11.3 Å². The number of aryl methyl sites for hydroxylation is 1. The number of anilines is 1. The van der Waals surface area contributed by atoms with E-state index in [9.17, 15) is 4.79 Å². The lowest BCUT2D eigenvalue weighted by molar-refractivity contribution is -0.127. The van der Waals surface area contributed by atoms with Gasteiger partial charge in [-0.2, -0.15) is 0 Å². The number of likely N-dealkylation sites (N-methyl/N-ethyl adjacent to an activating group) is 1. The van der Waals surface area contributed by atoms with E-state index in [1.807, 2.05) is 31.2 Å². The molecule has 37 heavy (non-hydrogen) atoms. The van der Waals surface area contributed by atoms with Gasteiger partial charge in [-0.1, -0.05) is 24.3 Å². The first-order valence-electron chi connectivity index (χ1n) is 12.1. The predicted octanol–water partition coefficient (Wildman–Crippen LogP) is 5.03. The lowest BCUT2D eigenvalue weighted by Crippen LogP contribution is -2.32. The van der Waals surface area contributed by atoms with Gasteiger partial charge in [0.05, 0.1) is 32.3 Å². The van der Waals surface area contributed by atoms with Crippen LogP contribution in [-0.4, -0.2) is 55.6 Å². The van der Waals surface area contributed by atoms with Gasteiger partial charge in [0.25, 0.3) is 0 Å². The van der Waals surface area contributed by atoms with Gasteiger partial charge in [-0.3, -0.25) is 4.79 Å². The monoisotopic (exact) mass is 519 g/mol. The molecule has 1 atom stereocenters. The summed E-state index contributed by atoms with van der Waals surface area (Å²) < 4.78 is 11.0. The van der Waals surface area contributed by atoms with Crippen molar-refractivity contribution < 1.29 is 14.3 Å². The molecule has 4 rings (SSSR count). The summed E-state index contributed by atoms with van der Waals surface area (Å²) in [5, 5.41) is 7.71. The van der Waals surface area contributed by atoms with Crippen LogP contribution in [0.1, 0.15) is 29.2 Å². The van der Waals surface area contributed by atoms with Crippen LogP contribution in [0.2, 0.25) is 0 Å². The number of carbonyl (C=O) groups is 1. The Morgan fingerprint density at radius 1 is 1.05 bits per heavy atom. The van der Waals surface area contributed by atoms with Crippen LogP contribution >= 0.6 is 11.3 Å². The summed E-state index contributed by atoms with van der Waals surface area (Å²) in [5.41, 5.74) is 3.11. The number of rotatable bonds is 10. The molecule has 0 aliphatic carbocycles. The average Bonchev–Trinajstić information content (AvgIpc) is 3.38. The van der Waals surface area contributed by atoms with Crippen LogP contribution in [0.15, 0.2) is 48.5 Å². The SMILES string of the molecule is COc1cc2nc(C)nc(NC(C)c3ccc(-c4ccccc4CNCC(=O)N(C)C)s3)c2cc1OC. The van der Waals surface area contributed by atoms with E-state index < -0.39 is 0 Å². The van der Waals surface area contributed by atoms with Crippen molar-refractivity contribution in [3.05, 3.63) is 64.8 Å². The second-order valence-corrected chi connectivity index (χ2v) is 10.1. The molecule has 2 heterocycles. The Morgan fingerprint density at radius 2 is 1.78 bits per heavy atom. The van der Waals surface area contributed by atoms with Crippen molar-refractivity contribution in [2.75, 3.05) is 40.2 Å². The molecule has 0 aliphatic rings. The van der Waals surface area contributed by atoms with Crippen LogP contribution in [0.5, 0.6) is 11.5 Å². The van der Waals surface area contributed by atoms with E-state index in [0.717, 1.165) is 27.8 Å². The molecular weight excluding hydrogens is 486 g/mol. The molecule has 0 spiro atoms. The summed E-state index contributed by atoms with van der Waals surface area (Å²) in [6.07, 6.45) is 0. The molecule has 4 aromatic rings. The van der Waals surface area contributed by atoms with E-state index in [4.69, 9.17) is 9.47 Å². The highest BCUT2D eigenvalue weighted by molar-refractivity contribution is 7.15. The van der Waals surface area contributed by atoms with Crippen molar-refractivity contribution in [1.29, 1.82) is 0 Å².